The van der Waals surface area contributed by atoms with Gasteiger partial charge in [-0.15, -0.1) is 0 Å². The van der Waals surface area contributed by atoms with Crippen molar-refractivity contribution in [1.29, 1.82) is 0 Å². The zero-order valence-corrected chi connectivity index (χ0v) is 26.0. The first-order chi connectivity index (χ1) is 23.8. The predicted molar refractivity (Wildman–Crippen MR) is 198 cm³/mol. The third kappa shape index (κ3) is 3.96. The van der Waals surface area contributed by atoms with Crippen molar-refractivity contribution >= 4 is 49.8 Å². The molecular formula is C44H28N4. The average Bonchev–Trinajstić information content (AvgIpc) is 3.48. The lowest BCUT2D eigenvalue weighted by Crippen LogP contribution is -2.10. The fourth-order valence-corrected chi connectivity index (χ4v) is 7.44. The number of fused-ring (bicyclic) bond motifs is 8. The van der Waals surface area contributed by atoms with Crippen LogP contribution < -0.4 is 4.90 Å². The van der Waals surface area contributed by atoms with Crippen LogP contribution in [0.25, 0.3) is 71.9 Å². The number of benzene rings is 7. The van der Waals surface area contributed by atoms with Crippen molar-refractivity contribution in [3.63, 3.8) is 0 Å². The normalized spacial score (nSPS) is 11.8. The molecule has 4 nitrogen and oxygen atoms in total. The van der Waals surface area contributed by atoms with Crippen molar-refractivity contribution in [2.75, 3.05) is 4.90 Å². The topological polar surface area (TPSA) is 34.0 Å². The van der Waals surface area contributed by atoms with Gasteiger partial charge >= 0.3 is 0 Å². The highest BCUT2D eigenvalue weighted by atomic mass is 15.3. The molecular weight excluding hydrogens is 585 g/mol. The van der Waals surface area contributed by atoms with Crippen molar-refractivity contribution in [3.05, 3.63) is 170 Å². The van der Waals surface area contributed by atoms with Gasteiger partial charge in [0.25, 0.3) is 0 Å². The number of hydrogen-bond acceptors (Lipinski definition) is 3. The van der Waals surface area contributed by atoms with Crippen LogP contribution in [0.5, 0.6) is 0 Å². The summed E-state index contributed by atoms with van der Waals surface area (Å²) in [4.78, 5) is 7.75. The molecule has 0 amide bonds. The first-order valence-electron chi connectivity index (χ1n) is 16.3. The Kier molecular flexibility index (Phi) is 5.84. The van der Waals surface area contributed by atoms with E-state index >= 15 is 0 Å². The van der Waals surface area contributed by atoms with Crippen LogP contribution in [0.3, 0.4) is 0 Å². The van der Waals surface area contributed by atoms with E-state index in [1.807, 2.05) is 10.7 Å². The minimum absolute atomic E-state index is 0.854. The largest absolute Gasteiger partial charge is 0.310 e. The summed E-state index contributed by atoms with van der Waals surface area (Å²) in [6.45, 7) is 0. The second-order valence-electron chi connectivity index (χ2n) is 12.2. The fourth-order valence-electron chi connectivity index (χ4n) is 7.44. The SMILES string of the molecule is c1ccc(N(c2ccc3nc4c5c(nn4-c4ccccc4)-c4ccccc4-c4ccccc4-c5c3c2)c2cccc3ccccc23)cc1. The third-order valence-corrected chi connectivity index (χ3v) is 9.54. The molecule has 1 aliphatic rings. The van der Waals surface area contributed by atoms with Crippen LogP contribution in [0.15, 0.2) is 170 Å². The lowest BCUT2D eigenvalue weighted by atomic mass is 9.92. The van der Waals surface area contributed by atoms with E-state index in [1.165, 1.54) is 27.5 Å². The maximum Gasteiger partial charge on any atom is 0.164 e. The van der Waals surface area contributed by atoms with Gasteiger partial charge in [0, 0.05) is 33.3 Å². The summed E-state index contributed by atoms with van der Waals surface area (Å²) in [7, 11) is 0. The maximum absolute atomic E-state index is 5.38. The van der Waals surface area contributed by atoms with E-state index in [1.54, 1.807) is 0 Å². The lowest BCUT2D eigenvalue weighted by Gasteiger charge is -2.27. The molecule has 2 heterocycles. The summed E-state index contributed by atoms with van der Waals surface area (Å²) in [5, 5.41) is 9.89. The molecule has 9 aromatic rings. The molecule has 4 heteroatoms. The van der Waals surface area contributed by atoms with Crippen LogP contribution in [-0.4, -0.2) is 14.8 Å². The van der Waals surface area contributed by atoms with Gasteiger partial charge in [0.2, 0.25) is 0 Å². The summed E-state index contributed by atoms with van der Waals surface area (Å²) in [5.74, 6) is 0. The summed E-state index contributed by atoms with van der Waals surface area (Å²) < 4.78 is 2.01. The molecule has 10 rings (SSSR count). The number of nitrogens with zero attached hydrogens (tertiary/aromatic N) is 4. The monoisotopic (exact) mass is 612 g/mol. The van der Waals surface area contributed by atoms with Crippen LogP contribution in [0.1, 0.15) is 0 Å². The maximum atomic E-state index is 5.38. The Morgan fingerprint density at radius 3 is 1.94 bits per heavy atom. The Morgan fingerprint density at radius 1 is 0.479 bits per heavy atom. The van der Waals surface area contributed by atoms with E-state index in [0.717, 1.165) is 61.5 Å². The number of pyridine rings is 1. The summed E-state index contributed by atoms with van der Waals surface area (Å²) in [6.07, 6.45) is 0. The van der Waals surface area contributed by atoms with Gasteiger partial charge in [-0.1, -0.05) is 121 Å². The van der Waals surface area contributed by atoms with Crippen LogP contribution in [0, 0.1) is 0 Å². The van der Waals surface area contributed by atoms with Gasteiger partial charge < -0.3 is 4.90 Å². The van der Waals surface area contributed by atoms with Gasteiger partial charge in [-0.3, -0.25) is 0 Å². The van der Waals surface area contributed by atoms with E-state index in [4.69, 9.17) is 10.1 Å². The van der Waals surface area contributed by atoms with Crippen molar-refractivity contribution in [2.24, 2.45) is 0 Å². The van der Waals surface area contributed by atoms with Crippen molar-refractivity contribution in [3.8, 4) is 39.2 Å². The predicted octanol–water partition coefficient (Wildman–Crippen LogP) is 11.5. The smallest absolute Gasteiger partial charge is 0.164 e. The molecule has 0 saturated carbocycles. The molecule has 0 bridgehead atoms. The lowest BCUT2D eigenvalue weighted by molar-refractivity contribution is 0.903. The third-order valence-electron chi connectivity index (χ3n) is 9.54. The van der Waals surface area contributed by atoms with Gasteiger partial charge in [0.1, 0.15) is 5.69 Å². The first-order valence-corrected chi connectivity index (χ1v) is 16.3. The number of aromatic nitrogens is 3. The molecule has 0 fully saturated rings. The van der Waals surface area contributed by atoms with E-state index in [0.29, 0.717) is 0 Å². The van der Waals surface area contributed by atoms with Crippen molar-refractivity contribution < 1.29 is 0 Å². The standard InChI is InChI=1S/C44H28N4/c1-3-16-30(17-4-1)47(40-25-13-15-29-14-7-8-20-33(29)40)32-26-27-39-38(28-32)41-36-23-11-9-21-34(36)35-22-10-12-24-37(35)43-42(41)44(45-39)48(46-43)31-18-5-2-6-19-31/h1-28H. The Hall–Kier alpha value is -6.52. The van der Waals surface area contributed by atoms with E-state index < -0.39 is 0 Å². The number of anilines is 3. The Morgan fingerprint density at radius 2 is 1.12 bits per heavy atom. The molecule has 0 spiro atoms. The highest BCUT2D eigenvalue weighted by molar-refractivity contribution is 6.19. The molecule has 224 valence electrons. The highest BCUT2D eigenvalue weighted by Gasteiger charge is 2.28. The second kappa shape index (κ2) is 10.5. The Bertz CT molecular complexity index is 2670. The van der Waals surface area contributed by atoms with Gasteiger partial charge in [0.15, 0.2) is 5.65 Å². The first kappa shape index (κ1) is 26.7. The number of hydrogen-bond donors (Lipinski definition) is 0. The van der Waals surface area contributed by atoms with Crippen LogP contribution in [-0.2, 0) is 0 Å². The highest BCUT2D eigenvalue weighted by Crippen LogP contribution is 2.50. The average molecular weight is 613 g/mol. The van der Waals surface area contributed by atoms with Gasteiger partial charge in [-0.2, -0.15) is 5.10 Å². The molecule has 0 aliphatic heterocycles. The number of rotatable bonds is 4. The summed E-state index contributed by atoms with van der Waals surface area (Å²) in [6, 6.07) is 60.2. The minimum atomic E-state index is 0.854. The van der Waals surface area contributed by atoms with Crippen molar-refractivity contribution in [1.82, 2.24) is 14.8 Å². The summed E-state index contributed by atoms with van der Waals surface area (Å²) in [5.41, 5.74) is 12.8. The van der Waals surface area contributed by atoms with Gasteiger partial charge in [-0.05, 0) is 70.6 Å². The summed E-state index contributed by atoms with van der Waals surface area (Å²) >= 11 is 0. The molecule has 0 radical (unpaired) electrons. The molecule has 2 aromatic heterocycles. The van der Waals surface area contributed by atoms with E-state index in [-0.39, 0.29) is 0 Å². The zero-order chi connectivity index (χ0) is 31.6. The molecule has 0 atom stereocenters. The minimum Gasteiger partial charge on any atom is -0.310 e. The molecule has 7 aromatic carbocycles. The molecule has 0 saturated heterocycles. The fraction of sp³-hybridized carbons (Fsp3) is 0. The van der Waals surface area contributed by atoms with Crippen LogP contribution in [0.4, 0.5) is 17.1 Å². The molecule has 1 aliphatic carbocycles. The quantitative estimate of drug-likeness (QED) is 0.198. The zero-order valence-electron chi connectivity index (χ0n) is 26.0. The van der Waals surface area contributed by atoms with Crippen LogP contribution >= 0.6 is 0 Å². The van der Waals surface area contributed by atoms with E-state index in [9.17, 15) is 0 Å². The number of para-hydroxylation sites is 2. The van der Waals surface area contributed by atoms with Crippen molar-refractivity contribution in [2.45, 2.75) is 0 Å². The Labute approximate surface area is 277 Å². The van der Waals surface area contributed by atoms with Crippen LogP contribution in [0.2, 0.25) is 0 Å². The van der Waals surface area contributed by atoms with E-state index in [2.05, 4.69) is 169 Å². The molecule has 0 unspecified atom stereocenters. The molecule has 48 heavy (non-hydrogen) atoms. The Balaban J connectivity index is 1.33. The second-order valence-corrected chi connectivity index (χ2v) is 12.2. The van der Waals surface area contributed by atoms with Gasteiger partial charge in [-0.25, -0.2) is 9.67 Å². The van der Waals surface area contributed by atoms with Gasteiger partial charge in [0.05, 0.1) is 22.3 Å². The molecule has 0 N–H and O–H groups in total.